The molecule has 0 aromatic heterocycles. The number of hydrogen-bond donors (Lipinski definition) is 1. The summed E-state index contributed by atoms with van der Waals surface area (Å²) >= 11 is 0. The Bertz CT molecular complexity index is 919. The van der Waals surface area contributed by atoms with Gasteiger partial charge in [-0.25, -0.2) is 0 Å². The summed E-state index contributed by atoms with van der Waals surface area (Å²) in [4.78, 5) is 57.5. The molecule has 1 fully saturated rings. The Morgan fingerprint density at radius 3 is 2.15 bits per heavy atom. The van der Waals surface area contributed by atoms with E-state index in [1.165, 1.54) is 31.2 Å². The highest BCUT2D eigenvalue weighted by molar-refractivity contribution is 5.73. The van der Waals surface area contributed by atoms with Crippen molar-refractivity contribution in [2.45, 2.75) is 58.3 Å². The lowest BCUT2D eigenvalue weighted by atomic mass is 9.96. The highest BCUT2D eigenvalue weighted by atomic mass is 16.7. The van der Waals surface area contributed by atoms with Gasteiger partial charge in [-0.3, -0.25) is 29.3 Å². The number of amides is 1. The molecule has 33 heavy (non-hydrogen) atoms. The molecule has 0 spiro atoms. The number of nitrogens with zero attached hydrogens (tertiary/aromatic N) is 1. The molecule has 0 saturated carbocycles. The summed E-state index contributed by atoms with van der Waals surface area (Å²) in [5, 5.41) is 13.9. The monoisotopic (exact) mass is 468 g/mol. The minimum Gasteiger partial charge on any atom is -0.463 e. The molecule has 180 valence electrons. The number of esters is 3. The van der Waals surface area contributed by atoms with Crippen LogP contribution in [-0.2, 0) is 38.1 Å². The van der Waals surface area contributed by atoms with E-state index in [-0.39, 0.29) is 11.4 Å². The standard InChI is InChI=1S/C20H24N2O11/c1-10(23)21-17-19(31-13(4)26)18(30-12(3)25)16(9-29-11(2)24)33-20(17)32-15-8-6-5-7-14(15)22(27)28/h5-8,16-20H,9H2,1-4H3,(H,21,23)/t16-,17-,18+,19-,20-/m1/s1. The van der Waals surface area contributed by atoms with Crippen LogP contribution in [0.5, 0.6) is 5.75 Å². The van der Waals surface area contributed by atoms with Crippen LogP contribution in [0.25, 0.3) is 0 Å². The third-order valence-electron chi connectivity index (χ3n) is 4.38. The van der Waals surface area contributed by atoms with Crippen molar-refractivity contribution in [1.82, 2.24) is 5.32 Å². The van der Waals surface area contributed by atoms with E-state index in [0.717, 1.165) is 20.8 Å². The van der Waals surface area contributed by atoms with Gasteiger partial charge >= 0.3 is 23.6 Å². The molecule has 1 aliphatic rings. The molecule has 1 N–H and O–H groups in total. The molecular formula is C20H24N2O11. The van der Waals surface area contributed by atoms with Crippen LogP contribution < -0.4 is 10.1 Å². The summed E-state index contributed by atoms with van der Waals surface area (Å²) in [6, 6.07) is 4.18. The highest BCUT2D eigenvalue weighted by Gasteiger charge is 2.52. The molecule has 2 rings (SSSR count). The van der Waals surface area contributed by atoms with E-state index in [1.54, 1.807) is 0 Å². The van der Waals surface area contributed by atoms with E-state index in [0.29, 0.717) is 0 Å². The van der Waals surface area contributed by atoms with Crippen LogP contribution in [0.1, 0.15) is 27.7 Å². The zero-order valence-corrected chi connectivity index (χ0v) is 18.3. The second kappa shape index (κ2) is 11.2. The smallest absolute Gasteiger partial charge is 0.311 e. The molecule has 1 aromatic rings. The van der Waals surface area contributed by atoms with Crippen LogP contribution >= 0.6 is 0 Å². The van der Waals surface area contributed by atoms with E-state index in [2.05, 4.69) is 5.32 Å². The van der Waals surface area contributed by atoms with Gasteiger partial charge in [0.25, 0.3) is 0 Å². The zero-order valence-electron chi connectivity index (χ0n) is 18.3. The number of para-hydroxylation sites is 2. The Hall–Kier alpha value is -3.74. The van der Waals surface area contributed by atoms with Crippen LogP contribution in [0.2, 0.25) is 0 Å². The maximum atomic E-state index is 11.9. The Labute approximate surface area is 188 Å². The number of carbonyl (C=O) groups is 4. The lowest BCUT2D eigenvalue weighted by molar-refractivity contribution is -0.386. The van der Waals surface area contributed by atoms with Gasteiger partial charge in [-0.15, -0.1) is 0 Å². The van der Waals surface area contributed by atoms with Gasteiger partial charge in [-0.05, 0) is 6.07 Å². The van der Waals surface area contributed by atoms with Gasteiger partial charge in [0.2, 0.25) is 12.2 Å². The number of benzene rings is 1. The second-order valence-corrected chi connectivity index (χ2v) is 7.06. The first-order valence-electron chi connectivity index (χ1n) is 9.80. The summed E-state index contributed by atoms with van der Waals surface area (Å²) in [6.07, 6.45) is -5.28. The summed E-state index contributed by atoms with van der Waals surface area (Å²) in [6.45, 7) is 4.11. The van der Waals surface area contributed by atoms with Crippen molar-refractivity contribution in [1.29, 1.82) is 0 Å². The molecule has 0 aliphatic carbocycles. The van der Waals surface area contributed by atoms with E-state index < -0.39 is 66.0 Å². The van der Waals surface area contributed by atoms with E-state index >= 15 is 0 Å². The molecule has 13 heteroatoms. The molecule has 0 bridgehead atoms. The minimum atomic E-state index is -1.45. The maximum Gasteiger partial charge on any atom is 0.311 e. The molecule has 0 radical (unpaired) electrons. The molecule has 1 amide bonds. The first-order valence-corrected chi connectivity index (χ1v) is 9.80. The Kier molecular flexibility index (Phi) is 8.68. The largest absolute Gasteiger partial charge is 0.463 e. The van der Waals surface area contributed by atoms with Gasteiger partial charge in [0.05, 0.1) is 4.92 Å². The number of nitrogens with one attached hydrogen (secondary N) is 1. The Morgan fingerprint density at radius 2 is 1.61 bits per heavy atom. The quantitative estimate of drug-likeness (QED) is 0.246. The van der Waals surface area contributed by atoms with Crippen molar-refractivity contribution in [3.8, 4) is 5.75 Å². The Balaban J connectivity index is 2.51. The van der Waals surface area contributed by atoms with Crippen LogP contribution in [0.15, 0.2) is 24.3 Å². The van der Waals surface area contributed by atoms with E-state index in [1.807, 2.05) is 0 Å². The normalized spacial score (nSPS) is 24.2. The fourth-order valence-corrected chi connectivity index (χ4v) is 3.22. The second-order valence-electron chi connectivity index (χ2n) is 7.06. The lowest BCUT2D eigenvalue weighted by Crippen LogP contribution is -2.67. The average molecular weight is 468 g/mol. The molecule has 1 heterocycles. The van der Waals surface area contributed by atoms with Gasteiger partial charge in [-0.1, -0.05) is 12.1 Å². The fraction of sp³-hybridized carbons (Fsp3) is 0.500. The Morgan fingerprint density at radius 1 is 1.00 bits per heavy atom. The molecule has 13 nitrogen and oxygen atoms in total. The molecule has 1 aromatic carbocycles. The average Bonchev–Trinajstić information content (AvgIpc) is 2.70. The first kappa shape index (κ1) is 25.5. The van der Waals surface area contributed by atoms with Crippen molar-refractivity contribution in [3.05, 3.63) is 34.4 Å². The third-order valence-corrected chi connectivity index (χ3v) is 4.38. The van der Waals surface area contributed by atoms with Crippen molar-refractivity contribution in [2.75, 3.05) is 6.61 Å². The summed E-state index contributed by atoms with van der Waals surface area (Å²) < 4.78 is 27.1. The van der Waals surface area contributed by atoms with Crippen LogP contribution in [0.3, 0.4) is 0 Å². The van der Waals surface area contributed by atoms with Crippen LogP contribution in [-0.4, -0.2) is 66.0 Å². The number of hydrogen-bond acceptors (Lipinski definition) is 11. The van der Waals surface area contributed by atoms with Crippen molar-refractivity contribution in [3.63, 3.8) is 0 Å². The molecule has 1 aliphatic heterocycles. The predicted octanol–water partition coefficient (Wildman–Crippen LogP) is 0.630. The van der Waals surface area contributed by atoms with Crippen LogP contribution in [0, 0.1) is 10.1 Å². The number of ether oxygens (including phenoxy) is 5. The van der Waals surface area contributed by atoms with Crippen molar-refractivity contribution >= 4 is 29.5 Å². The van der Waals surface area contributed by atoms with Gasteiger partial charge in [0, 0.05) is 33.8 Å². The topological polar surface area (TPSA) is 170 Å². The number of nitro groups is 1. The SMILES string of the molecule is CC(=O)N[C@H]1[C@H](Oc2ccccc2[N+](=O)[O-])O[C@H](COC(C)=O)[C@H](OC(C)=O)[C@@H]1OC(C)=O. The highest BCUT2D eigenvalue weighted by Crippen LogP contribution is 2.32. The number of rotatable bonds is 8. The maximum absolute atomic E-state index is 11.9. The fourth-order valence-electron chi connectivity index (χ4n) is 3.22. The van der Waals surface area contributed by atoms with Crippen LogP contribution in [0.4, 0.5) is 5.69 Å². The van der Waals surface area contributed by atoms with Gasteiger partial charge in [-0.2, -0.15) is 0 Å². The van der Waals surface area contributed by atoms with E-state index in [4.69, 9.17) is 23.7 Å². The van der Waals surface area contributed by atoms with Crippen molar-refractivity contribution in [2.24, 2.45) is 0 Å². The minimum absolute atomic E-state index is 0.193. The predicted molar refractivity (Wildman–Crippen MR) is 108 cm³/mol. The molecule has 5 atom stereocenters. The zero-order chi connectivity index (χ0) is 24.7. The summed E-state index contributed by atoms with van der Waals surface area (Å²) in [5.74, 6) is -2.96. The number of carbonyl (C=O) groups excluding carboxylic acids is 4. The molecule has 1 saturated heterocycles. The van der Waals surface area contributed by atoms with E-state index in [9.17, 15) is 29.3 Å². The van der Waals surface area contributed by atoms with Gasteiger partial charge in [0.15, 0.2) is 18.0 Å². The molecule has 0 unspecified atom stereocenters. The summed E-state index contributed by atoms with van der Waals surface area (Å²) in [5.41, 5.74) is -0.384. The van der Waals surface area contributed by atoms with Gasteiger partial charge in [0.1, 0.15) is 18.8 Å². The third kappa shape index (κ3) is 7.14. The first-order chi connectivity index (χ1) is 15.5. The van der Waals surface area contributed by atoms with Gasteiger partial charge < -0.3 is 29.0 Å². The number of nitro benzene ring substituents is 1. The lowest BCUT2D eigenvalue weighted by Gasteiger charge is -2.44. The van der Waals surface area contributed by atoms with Crippen molar-refractivity contribution < 1.29 is 47.8 Å². The summed E-state index contributed by atoms with van der Waals surface area (Å²) in [7, 11) is 0. The molecular weight excluding hydrogens is 444 g/mol.